The van der Waals surface area contributed by atoms with E-state index in [4.69, 9.17) is 9.72 Å². The molecule has 3 aromatic heterocycles. The smallest absolute Gasteiger partial charge is 0.246 e. The number of carbonyl (C=O) groups is 1. The molecule has 0 radical (unpaired) electrons. The Morgan fingerprint density at radius 3 is 2.79 bits per heavy atom. The maximum Gasteiger partial charge on any atom is 0.246 e. The van der Waals surface area contributed by atoms with E-state index in [1.807, 2.05) is 30.4 Å². The van der Waals surface area contributed by atoms with Crippen LogP contribution >= 0.6 is 0 Å². The van der Waals surface area contributed by atoms with Gasteiger partial charge in [0.05, 0.1) is 24.3 Å². The van der Waals surface area contributed by atoms with Crippen LogP contribution in [0.3, 0.4) is 0 Å². The topological polar surface area (TPSA) is 77.6 Å². The molecule has 8 heteroatoms. The van der Waals surface area contributed by atoms with E-state index in [-0.39, 0.29) is 18.1 Å². The van der Waals surface area contributed by atoms with Gasteiger partial charge in [-0.3, -0.25) is 9.48 Å². The average Bonchev–Trinajstić information content (AvgIpc) is 3.20. The fourth-order valence-corrected chi connectivity index (χ4v) is 3.81. The van der Waals surface area contributed by atoms with E-state index in [0.717, 1.165) is 42.5 Å². The zero-order chi connectivity index (χ0) is 19.3. The summed E-state index contributed by atoms with van der Waals surface area (Å²) in [6, 6.07) is 2.50. The van der Waals surface area contributed by atoms with Crippen molar-refractivity contribution in [1.82, 2.24) is 29.3 Å². The first-order valence-electron chi connectivity index (χ1n) is 9.57. The molecule has 2 saturated carbocycles. The average molecular weight is 378 g/mol. The normalized spacial score (nSPS) is 21.3. The Hall–Kier alpha value is -3.16. The molecule has 0 saturated heterocycles. The summed E-state index contributed by atoms with van der Waals surface area (Å²) in [7, 11) is 1.87. The van der Waals surface area contributed by atoms with Crippen molar-refractivity contribution in [1.29, 1.82) is 0 Å². The number of ether oxygens (including phenoxy) is 1. The maximum absolute atomic E-state index is 12.2. The molecule has 144 valence electrons. The van der Waals surface area contributed by atoms with Gasteiger partial charge in [-0.2, -0.15) is 10.2 Å². The molecule has 1 amide bonds. The van der Waals surface area contributed by atoms with E-state index < -0.39 is 0 Å². The molecule has 8 nitrogen and oxygen atoms in total. The van der Waals surface area contributed by atoms with Crippen LogP contribution in [0.25, 0.3) is 16.8 Å². The molecule has 0 spiro atoms. The standard InChI is InChI=1S/C20H22N6O2/c1-3-19(27)26(14-4-5-14)15-8-16(9-15)28-20-18-6-7-21-25(18)12-17(23-20)13-10-22-24(2)11-13/h3,6-7,10-12,14-16H,1,4-5,8-9H2,2H3/t15-,16-. The van der Waals surface area contributed by atoms with Crippen LogP contribution in [0.1, 0.15) is 25.7 Å². The third-order valence-corrected chi connectivity index (χ3v) is 5.47. The van der Waals surface area contributed by atoms with Gasteiger partial charge in [0.25, 0.3) is 0 Å². The largest absolute Gasteiger partial charge is 0.473 e. The first-order valence-corrected chi connectivity index (χ1v) is 9.57. The summed E-state index contributed by atoms with van der Waals surface area (Å²) >= 11 is 0. The van der Waals surface area contributed by atoms with Gasteiger partial charge >= 0.3 is 0 Å². The number of nitrogens with zero attached hydrogens (tertiary/aromatic N) is 6. The van der Waals surface area contributed by atoms with Gasteiger partial charge in [-0.05, 0) is 25.0 Å². The number of amides is 1. The van der Waals surface area contributed by atoms with E-state index in [9.17, 15) is 4.79 Å². The summed E-state index contributed by atoms with van der Waals surface area (Å²) in [5, 5.41) is 8.55. The zero-order valence-corrected chi connectivity index (χ0v) is 15.7. The molecule has 2 fully saturated rings. The molecule has 3 heterocycles. The Bertz CT molecular complexity index is 1040. The molecular weight excluding hydrogens is 356 g/mol. The maximum atomic E-state index is 12.2. The Kier molecular flexibility index (Phi) is 3.92. The predicted molar refractivity (Wildman–Crippen MR) is 103 cm³/mol. The lowest BCUT2D eigenvalue weighted by Crippen LogP contribution is -2.52. The van der Waals surface area contributed by atoms with Crippen LogP contribution in [-0.4, -0.2) is 53.4 Å². The van der Waals surface area contributed by atoms with Crippen molar-refractivity contribution >= 4 is 11.4 Å². The van der Waals surface area contributed by atoms with Gasteiger partial charge in [-0.15, -0.1) is 0 Å². The summed E-state index contributed by atoms with van der Waals surface area (Å²) < 4.78 is 9.74. The number of hydrogen-bond donors (Lipinski definition) is 0. The molecule has 0 aliphatic heterocycles. The van der Waals surface area contributed by atoms with Crippen LogP contribution in [-0.2, 0) is 11.8 Å². The molecule has 3 aromatic rings. The Balaban J connectivity index is 1.35. The van der Waals surface area contributed by atoms with E-state index >= 15 is 0 Å². The minimum absolute atomic E-state index is 0.0285. The molecule has 0 bridgehead atoms. The van der Waals surface area contributed by atoms with E-state index in [1.54, 1.807) is 21.6 Å². The molecule has 28 heavy (non-hydrogen) atoms. The summed E-state index contributed by atoms with van der Waals surface area (Å²) in [6.07, 6.45) is 12.6. The number of hydrogen-bond acceptors (Lipinski definition) is 5. The predicted octanol–water partition coefficient (Wildman–Crippen LogP) is 2.22. The molecule has 0 N–H and O–H groups in total. The van der Waals surface area contributed by atoms with E-state index in [1.165, 1.54) is 6.08 Å². The van der Waals surface area contributed by atoms with Crippen molar-refractivity contribution in [2.75, 3.05) is 0 Å². The molecule has 2 aliphatic rings. The highest BCUT2D eigenvalue weighted by molar-refractivity contribution is 5.87. The molecule has 0 unspecified atom stereocenters. The Morgan fingerprint density at radius 2 is 2.11 bits per heavy atom. The summed E-state index contributed by atoms with van der Waals surface area (Å²) in [4.78, 5) is 18.9. The first kappa shape index (κ1) is 17.0. The van der Waals surface area contributed by atoms with Crippen molar-refractivity contribution in [2.24, 2.45) is 7.05 Å². The van der Waals surface area contributed by atoms with Crippen LogP contribution in [0.4, 0.5) is 0 Å². The minimum atomic E-state index is 0.0285. The third kappa shape index (κ3) is 2.94. The third-order valence-electron chi connectivity index (χ3n) is 5.47. The second-order valence-electron chi connectivity index (χ2n) is 7.54. The molecule has 5 rings (SSSR count). The minimum Gasteiger partial charge on any atom is -0.473 e. The lowest BCUT2D eigenvalue weighted by atomic mass is 9.87. The lowest BCUT2D eigenvalue weighted by molar-refractivity contribution is -0.132. The monoisotopic (exact) mass is 378 g/mol. The Morgan fingerprint density at radius 1 is 1.29 bits per heavy atom. The number of aryl methyl sites for hydroxylation is 1. The van der Waals surface area contributed by atoms with Crippen LogP contribution < -0.4 is 4.74 Å². The van der Waals surface area contributed by atoms with Crippen LogP contribution in [0, 0.1) is 0 Å². The van der Waals surface area contributed by atoms with Crippen LogP contribution in [0.5, 0.6) is 5.88 Å². The lowest BCUT2D eigenvalue weighted by Gasteiger charge is -2.42. The quantitative estimate of drug-likeness (QED) is 0.615. The number of carbonyl (C=O) groups excluding carboxylic acids is 1. The fraction of sp³-hybridized carbons (Fsp3) is 0.400. The summed E-state index contributed by atoms with van der Waals surface area (Å²) in [5.41, 5.74) is 2.50. The highest BCUT2D eigenvalue weighted by Crippen LogP contribution is 2.38. The highest BCUT2D eigenvalue weighted by atomic mass is 16.5. The second-order valence-corrected chi connectivity index (χ2v) is 7.54. The Labute approximate surface area is 162 Å². The van der Waals surface area contributed by atoms with Crippen molar-refractivity contribution in [3.63, 3.8) is 0 Å². The van der Waals surface area contributed by atoms with Crippen molar-refractivity contribution in [2.45, 2.75) is 43.9 Å². The first-order chi connectivity index (χ1) is 13.6. The highest BCUT2D eigenvalue weighted by Gasteiger charge is 2.43. The van der Waals surface area contributed by atoms with Gasteiger partial charge in [0.1, 0.15) is 11.6 Å². The number of rotatable bonds is 6. The van der Waals surface area contributed by atoms with Gasteiger partial charge in [0, 0.05) is 43.7 Å². The zero-order valence-electron chi connectivity index (χ0n) is 15.7. The molecule has 0 aromatic carbocycles. The van der Waals surface area contributed by atoms with Gasteiger partial charge in [0.2, 0.25) is 11.8 Å². The van der Waals surface area contributed by atoms with Gasteiger partial charge in [-0.1, -0.05) is 6.58 Å². The van der Waals surface area contributed by atoms with Crippen LogP contribution in [0.15, 0.2) is 43.5 Å². The van der Waals surface area contributed by atoms with Crippen molar-refractivity contribution < 1.29 is 9.53 Å². The SMILES string of the molecule is C=CC(=O)N(C1CC1)[C@H]1C[C@H](Oc2nc(-c3cnn(C)c3)cn3nccc23)C1. The van der Waals surface area contributed by atoms with E-state index in [2.05, 4.69) is 16.8 Å². The molecular formula is C20H22N6O2. The molecule has 2 aliphatic carbocycles. The van der Waals surface area contributed by atoms with Crippen molar-refractivity contribution in [3.8, 4) is 17.1 Å². The summed E-state index contributed by atoms with van der Waals surface area (Å²) in [6.45, 7) is 3.64. The van der Waals surface area contributed by atoms with Gasteiger partial charge in [-0.25, -0.2) is 9.50 Å². The summed E-state index contributed by atoms with van der Waals surface area (Å²) in [5.74, 6) is 0.594. The van der Waals surface area contributed by atoms with Crippen molar-refractivity contribution in [3.05, 3.63) is 43.5 Å². The van der Waals surface area contributed by atoms with Gasteiger partial charge in [0.15, 0.2) is 0 Å². The second kappa shape index (κ2) is 6.47. The number of fused-ring (bicyclic) bond motifs is 1. The fourth-order valence-electron chi connectivity index (χ4n) is 3.81. The van der Waals surface area contributed by atoms with Gasteiger partial charge < -0.3 is 9.64 Å². The van der Waals surface area contributed by atoms with E-state index in [0.29, 0.717) is 11.9 Å². The molecule has 0 atom stereocenters. The number of aromatic nitrogens is 5. The van der Waals surface area contributed by atoms with Crippen LogP contribution in [0.2, 0.25) is 0 Å².